The predicted octanol–water partition coefficient (Wildman–Crippen LogP) is 4.44. The maximum Gasteiger partial charge on any atom is 0.257 e. The number of hydrogen-bond donors (Lipinski definition) is 2. The molecule has 37 heavy (non-hydrogen) atoms. The maximum absolute atomic E-state index is 12.7. The van der Waals surface area contributed by atoms with Crippen LogP contribution < -0.4 is 10.3 Å². The lowest BCUT2D eigenvalue weighted by Crippen LogP contribution is -2.34. The van der Waals surface area contributed by atoms with Gasteiger partial charge in [-0.15, -0.1) is 0 Å². The number of aromatic amines is 2. The molecule has 0 amide bonds. The van der Waals surface area contributed by atoms with Gasteiger partial charge >= 0.3 is 0 Å². The number of hydrogen-bond acceptors (Lipinski definition) is 6. The number of methoxy groups -OCH3 is 1. The van der Waals surface area contributed by atoms with Gasteiger partial charge < -0.3 is 19.4 Å². The Morgan fingerprint density at radius 1 is 1.00 bits per heavy atom. The number of fused-ring (bicyclic) bond motifs is 2. The van der Waals surface area contributed by atoms with Crippen LogP contribution in [0.4, 0.5) is 0 Å². The Kier molecular flexibility index (Phi) is 6.20. The van der Waals surface area contributed by atoms with E-state index in [0.717, 1.165) is 64.1 Å². The molecule has 5 aromatic rings. The molecule has 4 heterocycles. The third kappa shape index (κ3) is 4.85. The van der Waals surface area contributed by atoms with Crippen LogP contribution >= 0.6 is 0 Å². The zero-order valence-electron chi connectivity index (χ0n) is 20.9. The van der Waals surface area contributed by atoms with E-state index < -0.39 is 0 Å². The second-order valence-electron chi connectivity index (χ2n) is 9.66. The van der Waals surface area contributed by atoms with Crippen molar-refractivity contribution in [2.75, 3.05) is 20.3 Å². The van der Waals surface area contributed by atoms with Crippen molar-refractivity contribution in [2.24, 2.45) is 0 Å². The second kappa shape index (κ2) is 9.80. The van der Waals surface area contributed by atoms with E-state index in [9.17, 15) is 4.79 Å². The van der Waals surface area contributed by atoms with E-state index in [0.29, 0.717) is 12.2 Å². The first-order valence-electron chi connectivity index (χ1n) is 12.5. The first-order valence-corrected chi connectivity index (χ1v) is 12.5. The number of nitrogens with one attached hydrogen (secondary N) is 2. The van der Waals surface area contributed by atoms with E-state index in [1.807, 2.05) is 73.9 Å². The minimum Gasteiger partial charge on any atom is -0.492 e. The van der Waals surface area contributed by atoms with Gasteiger partial charge in [0.2, 0.25) is 0 Å². The van der Waals surface area contributed by atoms with Crippen LogP contribution in [0, 0.1) is 6.92 Å². The summed E-state index contributed by atoms with van der Waals surface area (Å²) < 4.78 is 11.9. The molecule has 2 aromatic carbocycles. The molecule has 6 rings (SSSR count). The predicted molar refractivity (Wildman–Crippen MR) is 144 cm³/mol. The van der Waals surface area contributed by atoms with Crippen molar-refractivity contribution in [2.45, 2.75) is 32.0 Å². The average Bonchev–Trinajstić information content (AvgIpc) is 3.51. The minimum atomic E-state index is -0.116. The Morgan fingerprint density at radius 2 is 1.81 bits per heavy atom. The van der Waals surface area contributed by atoms with Gasteiger partial charge in [-0.2, -0.15) is 0 Å². The molecule has 0 aliphatic carbocycles. The van der Waals surface area contributed by atoms with Crippen molar-refractivity contribution in [1.82, 2.24) is 24.8 Å². The number of nitrogens with zero attached hydrogens (tertiary/aromatic N) is 3. The van der Waals surface area contributed by atoms with Crippen LogP contribution in [0.1, 0.15) is 17.8 Å². The van der Waals surface area contributed by atoms with Crippen LogP contribution in [-0.4, -0.2) is 57.2 Å². The lowest BCUT2D eigenvalue weighted by Gasteiger charge is -2.24. The van der Waals surface area contributed by atoms with E-state index in [1.54, 1.807) is 7.11 Å². The molecule has 1 fully saturated rings. The van der Waals surface area contributed by atoms with Gasteiger partial charge in [-0.05, 0) is 55.1 Å². The number of ether oxygens (including phenoxy) is 2. The molecule has 0 radical (unpaired) electrons. The lowest BCUT2D eigenvalue weighted by molar-refractivity contribution is 0.107. The van der Waals surface area contributed by atoms with Gasteiger partial charge in [0, 0.05) is 60.6 Å². The molecule has 8 heteroatoms. The molecular weight excluding hydrogens is 466 g/mol. The number of aryl methyl sites for hydroxylation is 1. The van der Waals surface area contributed by atoms with Gasteiger partial charge in [0.15, 0.2) is 0 Å². The van der Waals surface area contributed by atoms with Crippen LogP contribution in [-0.2, 0) is 11.3 Å². The quantitative estimate of drug-likeness (QED) is 0.347. The van der Waals surface area contributed by atoms with Crippen LogP contribution in [0.3, 0.4) is 0 Å². The molecule has 1 aliphatic rings. The number of likely N-dealkylation sites (tertiary alicyclic amines) is 1. The molecule has 0 bridgehead atoms. The van der Waals surface area contributed by atoms with Crippen LogP contribution in [0.15, 0.2) is 71.8 Å². The minimum absolute atomic E-state index is 0.116. The zero-order valence-corrected chi connectivity index (χ0v) is 20.9. The van der Waals surface area contributed by atoms with Crippen LogP contribution in [0.25, 0.3) is 33.1 Å². The van der Waals surface area contributed by atoms with Crippen molar-refractivity contribution in [3.05, 3.63) is 88.7 Å². The largest absolute Gasteiger partial charge is 0.492 e. The monoisotopic (exact) mass is 495 g/mol. The molecule has 3 aromatic heterocycles. The third-order valence-corrected chi connectivity index (χ3v) is 7.12. The number of benzene rings is 2. The molecular formula is C29H29N5O3. The first-order chi connectivity index (χ1) is 18.1. The topological polar surface area (TPSA) is 96.1 Å². The number of para-hydroxylation sites is 1. The number of rotatable bonds is 7. The van der Waals surface area contributed by atoms with E-state index in [2.05, 4.69) is 24.8 Å². The molecule has 1 saturated heterocycles. The molecule has 8 nitrogen and oxygen atoms in total. The fraction of sp³-hybridized carbons (Fsp3) is 0.276. The molecule has 1 aliphatic heterocycles. The summed E-state index contributed by atoms with van der Waals surface area (Å²) >= 11 is 0. The average molecular weight is 496 g/mol. The van der Waals surface area contributed by atoms with Crippen molar-refractivity contribution in [3.63, 3.8) is 0 Å². The van der Waals surface area contributed by atoms with Crippen molar-refractivity contribution >= 4 is 21.8 Å². The third-order valence-electron chi connectivity index (χ3n) is 7.12. The van der Waals surface area contributed by atoms with E-state index >= 15 is 0 Å². The Labute approximate surface area is 214 Å². The van der Waals surface area contributed by atoms with Gasteiger partial charge in [-0.3, -0.25) is 9.69 Å². The second-order valence-corrected chi connectivity index (χ2v) is 9.66. The van der Waals surface area contributed by atoms with Crippen LogP contribution in [0.2, 0.25) is 0 Å². The SMILES string of the molecule is CO[C@@H]1C[C@@H](COc2ccc3[nH]c(-c4cc5ccccc5[nH]c4=O)cc3c2)N(Cc2cnc(C)nc2)C1. The van der Waals surface area contributed by atoms with Crippen molar-refractivity contribution < 1.29 is 9.47 Å². The smallest absolute Gasteiger partial charge is 0.257 e. The first kappa shape index (κ1) is 23.4. The molecule has 0 saturated carbocycles. The van der Waals surface area contributed by atoms with Crippen molar-refractivity contribution in [1.29, 1.82) is 0 Å². The summed E-state index contributed by atoms with van der Waals surface area (Å²) in [4.78, 5) is 30.1. The Morgan fingerprint density at radius 3 is 2.65 bits per heavy atom. The highest BCUT2D eigenvalue weighted by Gasteiger charge is 2.32. The Balaban J connectivity index is 1.19. The number of aromatic nitrogens is 4. The van der Waals surface area contributed by atoms with Gasteiger partial charge in [0.25, 0.3) is 5.56 Å². The lowest BCUT2D eigenvalue weighted by atomic mass is 10.1. The van der Waals surface area contributed by atoms with Crippen LogP contribution in [0.5, 0.6) is 5.75 Å². The molecule has 188 valence electrons. The van der Waals surface area contributed by atoms with E-state index in [1.165, 1.54) is 0 Å². The fourth-order valence-corrected chi connectivity index (χ4v) is 5.10. The molecule has 0 spiro atoms. The van der Waals surface area contributed by atoms with Gasteiger partial charge in [0.1, 0.15) is 18.2 Å². The molecule has 0 unspecified atom stereocenters. The number of H-pyrrole nitrogens is 2. The standard InChI is InChI=1S/C29H29N5O3/c1-18-30-13-19(14-31-18)15-34-16-24(36-2)12-22(34)17-37-23-7-8-27-21(9-23)11-28(32-27)25-10-20-5-3-4-6-26(20)33-29(25)35/h3-11,13-14,22,24,32H,12,15-17H2,1-2H3,(H,33,35)/t22-,24+/m0/s1. The van der Waals surface area contributed by atoms with E-state index in [4.69, 9.17) is 9.47 Å². The summed E-state index contributed by atoms with van der Waals surface area (Å²) in [7, 11) is 1.76. The Bertz CT molecular complexity index is 1610. The zero-order chi connectivity index (χ0) is 25.4. The summed E-state index contributed by atoms with van der Waals surface area (Å²) in [5.74, 6) is 1.57. The summed E-state index contributed by atoms with van der Waals surface area (Å²) in [6.45, 7) is 4.05. The summed E-state index contributed by atoms with van der Waals surface area (Å²) in [6.07, 6.45) is 4.86. The highest BCUT2D eigenvalue weighted by atomic mass is 16.5. The molecule has 2 N–H and O–H groups in total. The van der Waals surface area contributed by atoms with Gasteiger partial charge in [-0.25, -0.2) is 9.97 Å². The van der Waals surface area contributed by atoms with Gasteiger partial charge in [0.05, 0.1) is 17.4 Å². The normalized spacial score (nSPS) is 18.1. The number of pyridine rings is 1. The summed E-state index contributed by atoms with van der Waals surface area (Å²) in [6, 6.07) is 17.9. The summed E-state index contributed by atoms with van der Waals surface area (Å²) in [5, 5.41) is 1.99. The molecule has 2 atom stereocenters. The highest BCUT2D eigenvalue weighted by Crippen LogP contribution is 2.28. The van der Waals surface area contributed by atoms with Gasteiger partial charge in [-0.1, -0.05) is 18.2 Å². The van der Waals surface area contributed by atoms with Crippen molar-refractivity contribution in [3.8, 4) is 17.0 Å². The summed E-state index contributed by atoms with van der Waals surface area (Å²) in [5.41, 5.74) is 4.15. The Hall–Kier alpha value is -4.01. The maximum atomic E-state index is 12.7. The van der Waals surface area contributed by atoms with E-state index in [-0.39, 0.29) is 17.7 Å². The highest BCUT2D eigenvalue weighted by molar-refractivity contribution is 5.89. The fourth-order valence-electron chi connectivity index (χ4n) is 5.10.